The molecule has 98 valence electrons. The highest BCUT2D eigenvalue weighted by atomic mass is 32.2. The van der Waals surface area contributed by atoms with Crippen molar-refractivity contribution in [3.63, 3.8) is 0 Å². The molecule has 0 saturated heterocycles. The smallest absolute Gasteiger partial charge is 0.244 e. The molecule has 0 bridgehead atoms. The highest BCUT2D eigenvalue weighted by Gasteiger charge is 2.23. The Bertz CT molecular complexity index is 627. The average molecular weight is 285 g/mol. The predicted molar refractivity (Wildman–Crippen MR) is 72.2 cm³/mol. The zero-order valence-corrected chi connectivity index (χ0v) is 12.0. The first-order valence-corrected chi connectivity index (χ1v) is 7.88. The molecule has 5 nitrogen and oxygen atoms in total. The zero-order valence-electron chi connectivity index (χ0n) is 10.4. The maximum atomic E-state index is 12.0. The van der Waals surface area contributed by atoms with Gasteiger partial charge in [0, 0.05) is 12.2 Å². The molecule has 0 aromatic carbocycles. The van der Waals surface area contributed by atoms with Crippen LogP contribution in [0.2, 0.25) is 0 Å². The quantitative estimate of drug-likeness (QED) is 0.935. The van der Waals surface area contributed by atoms with Crippen molar-refractivity contribution in [2.75, 3.05) is 7.05 Å². The lowest BCUT2D eigenvalue weighted by Gasteiger charge is -2.02. The summed E-state index contributed by atoms with van der Waals surface area (Å²) >= 11 is 1.47. The summed E-state index contributed by atoms with van der Waals surface area (Å²) in [4.78, 5) is 1.07. The summed E-state index contributed by atoms with van der Waals surface area (Å²) in [5.41, 5.74) is 0.507. The Labute approximate surface area is 111 Å². The van der Waals surface area contributed by atoms with Crippen LogP contribution in [0.3, 0.4) is 0 Å². The fraction of sp³-hybridized carbons (Fsp3) is 0.364. The minimum atomic E-state index is -3.49. The number of nitrogens with one attached hydrogen (secondary N) is 1. The lowest BCUT2D eigenvalue weighted by atomic mass is 10.3. The first-order valence-electron chi connectivity index (χ1n) is 5.52. The maximum absolute atomic E-state index is 12.0. The summed E-state index contributed by atoms with van der Waals surface area (Å²) in [5, 5.41) is 6.28. The standard InChI is InChI=1S/C11H15N3O2S2/c1-8(2)14-7-10(18(15,16)12-3)11(13-14)9-5-4-6-17-9/h4-8,12H,1-3H3. The second kappa shape index (κ2) is 4.83. The van der Waals surface area contributed by atoms with Gasteiger partial charge in [-0.3, -0.25) is 4.68 Å². The van der Waals surface area contributed by atoms with Crippen LogP contribution in [-0.2, 0) is 10.0 Å². The molecule has 7 heteroatoms. The molecule has 2 rings (SSSR count). The van der Waals surface area contributed by atoms with Crippen molar-refractivity contribution in [3.8, 4) is 10.6 Å². The number of hydrogen-bond acceptors (Lipinski definition) is 4. The lowest BCUT2D eigenvalue weighted by Crippen LogP contribution is -2.18. The molecule has 0 fully saturated rings. The van der Waals surface area contributed by atoms with Crippen molar-refractivity contribution in [2.24, 2.45) is 0 Å². The fourth-order valence-electron chi connectivity index (χ4n) is 1.53. The SMILES string of the molecule is CNS(=O)(=O)c1cn(C(C)C)nc1-c1cccs1. The van der Waals surface area contributed by atoms with Crippen molar-refractivity contribution in [1.29, 1.82) is 0 Å². The fourth-order valence-corrected chi connectivity index (χ4v) is 3.19. The predicted octanol–water partition coefficient (Wildman–Crippen LogP) is 2.10. The van der Waals surface area contributed by atoms with Crippen molar-refractivity contribution >= 4 is 21.4 Å². The summed E-state index contributed by atoms with van der Waals surface area (Å²) < 4.78 is 28.0. The molecule has 2 aromatic rings. The largest absolute Gasteiger partial charge is 0.268 e. The third-order valence-electron chi connectivity index (χ3n) is 2.54. The molecule has 18 heavy (non-hydrogen) atoms. The van der Waals surface area contributed by atoms with Crippen LogP contribution in [0.5, 0.6) is 0 Å². The van der Waals surface area contributed by atoms with Crippen LogP contribution in [0, 0.1) is 0 Å². The van der Waals surface area contributed by atoms with Gasteiger partial charge in [0.1, 0.15) is 10.6 Å². The van der Waals surface area contributed by atoms with Crippen LogP contribution >= 0.6 is 11.3 Å². The van der Waals surface area contributed by atoms with Gasteiger partial charge < -0.3 is 0 Å². The molecular weight excluding hydrogens is 270 g/mol. The molecule has 0 aliphatic carbocycles. The monoisotopic (exact) mass is 285 g/mol. The van der Waals surface area contributed by atoms with Crippen molar-refractivity contribution in [1.82, 2.24) is 14.5 Å². The summed E-state index contributed by atoms with van der Waals surface area (Å²) in [6.07, 6.45) is 1.57. The molecule has 0 unspecified atom stereocenters. The number of sulfonamides is 1. The van der Waals surface area contributed by atoms with Gasteiger partial charge in [0.25, 0.3) is 0 Å². The number of rotatable bonds is 4. The van der Waals surface area contributed by atoms with E-state index in [1.807, 2.05) is 31.4 Å². The Morgan fingerprint density at radius 3 is 2.67 bits per heavy atom. The van der Waals surface area contributed by atoms with Crippen LogP contribution in [0.4, 0.5) is 0 Å². The van der Waals surface area contributed by atoms with Gasteiger partial charge in [0.05, 0.1) is 4.88 Å². The molecule has 0 aliphatic rings. The van der Waals surface area contributed by atoms with Gasteiger partial charge >= 0.3 is 0 Å². The molecule has 0 radical (unpaired) electrons. The molecule has 0 spiro atoms. The van der Waals surface area contributed by atoms with Crippen LogP contribution < -0.4 is 4.72 Å². The Balaban J connectivity index is 2.64. The van der Waals surface area contributed by atoms with Crippen molar-refractivity contribution in [3.05, 3.63) is 23.7 Å². The molecule has 1 N–H and O–H groups in total. The Morgan fingerprint density at radius 1 is 1.44 bits per heavy atom. The molecule has 2 aromatic heterocycles. The Kier molecular flexibility index (Phi) is 3.56. The second-order valence-electron chi connectivity index (χ2n) is 4.10. The summed E-state index contributed by atoms with van der Waals surface area (Å²) in [7, 11) is -2.09. The third kappa shape index (κ3) is 2.33. The van der Waals surface area contributed by atoms with E-state index in [1.165, 1.54) is 18.4 Å². The molecule has 0 atom stereocenters. The van der Waals surface area contributed by atoms with Crippen LogP contribution in [0.1, 0.15) is 19.9 Å². The average Bonchev–Trinajstić information content (AvgIpc) is 2.97. The molecule has 0 amide bonds. The molecule has 0 aliphatic heterocycles. The van der Waals surface area contributed by atoms with Gasteiger partial charge in [-0.25, -0.2) is 13.1 Å². The van der Waals surface area contributed by atoms with E-state index in [1.54, 1.807) is 10.9 Å². The second-order valence-corrected chi connectivity index (χ2v) is 6.90. The van der Waals surface area contributed by atoms with E-state index < -0.39 is 10.0 Å². The lowest BCUT2D eigenvalue weighted by molar-refractivity contribution is 0.532. The van der Waals surface area contributed by atoms with E-state index in [2.05, 4.69) is 9.82 Å². The van der Waals surface area contributed by atoms with Crippen LogP contribution in [-0.4, -0.2) is 25.2 Å². The third-order valence-corrected chi connectivity index (χ3v) is 4.83. The van der Waals surface area contributed by atoms with E-state index in [9.17, 15) is 8.42 Å². The van der Waals surface area contributed by atoms with E-state index >= 15 is 0 Å². The van der Waals surface area contributed by atoms with Gasteiger partial charge in [-0.1, -0.05) is 6.07 Å². The van der Waals surface area contributed by atoms with E-state index in [0.717, 1.165) is 4.88 Å². The summed E-state index contributed by atoms with van der Waals surface area (Å²) in [6, 6.07) is 3.86. The maximum Gasteiger partial charge on any atom is 0.244 e. The van der Waals surface area contributed by atoms with Crippen LogP contribution in [0.25, 0.3) is 10.6 Å². The minimum absolute atomic E-state index is 0.115. The van der Waals surface area contributed by atoms with Gasteiger partial charge in [0.15, 0.2) is 0 Å². The number of nitrogens with zero attached hydrogens (tertiary/aromatic N) is 2. The van der Waals surface area contributed by atoms with E-state index in [-0.39, 0.29) is 10.9 Å². The highest BCUT2D eigenvalue weighted by molar-refractivity contribution is 7.89. The molecule has 2 heterocycles. The zero-order chi connectivity index (χ0) is 13.3. The van der Waals surface area contributed by atoms with Gasteiger partial charge in [-0.2, -0.15) is 5.10 Å². The summed E-state index contributed by atoms with van der Waals surface area (Å²) in [5.74, 6) is 0. The van der Waals surface area contributed by atoms with Gasteiger partial charge in [-0.05, 0) is 32.3 Å². The molecule has 0 saturated carbocycles. The van der Waals surface area contributed by atoms with Gasteiger partial charge in [-0.15, -0.1) is 11.3 Å². The number of aromatic nitrogens is 2. The van der Waals surface area contributed by atoms with E-state index in [0.29, 0.717) is 5.69 Å². The normalized spacial score (nSPS) is 12.2. The van der Waals surface area contributed by atoms with Crippen molar-refractivity contribution < 1.29 is 8.42 Å². The Morgan fingerprint density at radius 2 is 2.17 bits per heavy atom. The summed E-state index contributed by atoms with van der Waals surface area (Å²) in [6.45, 7) is 3.92. The van der Waals surface area contributed by atoms with E-state index in [4.69, 9.17) is 0 Å². The minimum Gasteiger partial charge on any atom is -0.268 e. The number of hydrogen-bond donors (Lipinski definition) is 1. The van der Waals surface area contributed by atoms with Crippen molar-refractivity contribution in [2.45, 2.75) is 24.8 Å². The first-order chi connectivity index (χ1) is 8.45. The van der Waals surface area contributed by atoms with Gasteiger partial charge in [0.2, 0.25) is 10.0 Å². The van der Waals surface area contributed by atoms with Crippen LogP contribution in [0.15, 0.2) is 28.6 Å². The molecular formula is C11H15N3O2S2. The first kappa shape index (κ1) is 13.3. The highest BCUT2D eigenvalue weighted by Crippen LogP contribution is 2.30. The number of thiophene rings is 1. The Hall–Kier alpha value is -1.18. The topological polar surface area (TPSA) is 64.0 Å².